The predicted octanol–water partition coefficient (Wildman–Crippen LogP) is 6.36. The molecule has 1 fully saturated rings. The average molecular weight is 642 g/mol. The highest BCUT2D eigenvalue weighted by atomic mass is 35.5. The number of nitrogens with one attached hydrogen (secondary N) is 2. The molecule has 0 saturated carbocycles. The van der Waals surface area contributed by atoms with E-state index in [1.807, 2.05) is 61.5 Å². The summed E-state index contributed by atoms with van der Waals surface area (Å²) in [6.45, 7) is 1.62. The zero-order chi connectivity index (χ0) is 30.5. The largest absolute Gasteiger partial charge is 0.483 e. The third kappa shape index (κ3) is 4.98. The third-order valence-corrected chi connectivity index (χ3v) is 10.5. The van der Waals surface area contributed by atoms with E-state index in [0.29, 0.717) is 37.6 Å². The van der Waals surface area contributed by atoms with Crippen molar-refractivity contribution in [2.75, 3.05) is 16.8 Å². The van der Waals surface area contributed by atoms with Crippen LogP contribution < -0.4 is 19.8 Å². The molecule has 2 N–H and O–H groups in total. The van der Waals surface area contributed by atoms with E-state index in [2.05, 4.69) is 10.3 Å². The second kappa shape index (κ2) is 11.3. The minimum Gasteiger partial charge on any atom is -0.483 e. The van der Waals surface area contributed by atoms with Crippen LogP contribution in [0.15, 0.2) is 94.7 Å². The van der Waals surface area contributed by atoms with Gasteiger partial charge in [-0.15, -0.1) is 0 Å². The predicted molar refractivity (Wildman–Crippen MR) is 173 cm³/mol. The van der Waals surface area contributed by atoms with Crippen LogP contribution in [-0.2, 0) is 14.4 Å². The number of ether oxygens (including phenoxy) is 1. The zero-order valence-electron chi connectivity index (χ0n) is 23.2. The van der Waals surface area contributed by atoms with Crippen molar-refractivity contribution >= 4 is 74.6 Å². The molecule has 7 rings (SSSR count). The van der Waals surface area contributed by atoms with Gasteiger partial charge in [-0.1, -0.05) is 88.8 Å². The first-order valence-electron chi connectivity index (χ1n) is 13.8. The molecule has 0 aliphatic carbocycles. The highest BCUT2D eigenvalue weighted by molar-refractivity contribution is 8.00. The highest BCUT2D eigenvalue weighted by Crippen LogP contribution is 2.54. The average Bonchev–Trinajstić information content (AvgIpc) is 3.51. The van der Waals surface area contributed by atoms with E-state index >= 15 is 0 Å². The maximum atomic E-state index is 14.1. The van der Waals surface area contributed by atoms with Crippen LogP contribution in [0.25, 0.3) is 10.8 Å². The molecular weight excluding hydrogens is 618 g/mol. The molecule has 1 saturated heterocycles. The maximum Gasteiger partial charge on any atom is 0.305 e. The van der Waals surface area contributed by atoms with Gasteiger partial charge in [0.1, 0.15) is 11.0 Å². The molecular formula is C33H24ClN3O5S2. The monoisotopic (exact) mass is 641 g/mol. The van der Waals surface area contributed by atoms with Crippen molar-refractivity contribution in [3.63, 3.8) is 0 Å². The van der Waals surface area contributed by atoms with Crippen molar-refractivity contribution in [1.82, 2.24) is 4.98 Å². The van der Waals surface area contributed by atoms with Gasteiger partial charge in [-0.3, -0.25) is 19.2 Å². The molecule has 0 spiro atoms. The molecule has 8 nitrogen and oxygen atoms in total. The lowest BCUT2D eigenvalue weighted by Crippen LogP contribution is -2.32. The van der Waals surface area contributed by atoms with Crippen LogP contribution >= 0.6 is 34.7 Å². The molecule has 2 unspecified atom stereocenters. The number of thiazole rings is 1. The van der Waals surface area contributed by atoms with Gasteiger partial charge in [-0.2, -0.15) is 0 Å². The van der Waals surface area contributed by atoms with Crippen LogP contribution in [0, 0.1) is 12.8 Å². The molecule has 11 heteroatoms. The molecule has 3 atom stereocenters. The highest BCUT2D eigenvalue weighted by Gasteiger charge is 2.56. The quantitative estimate of drug-likeness (QED) is 0.209. The van der Waals surface area contributed by atoms with Crippen molar-refractivity contribution in [1.29, 1.82) is 0 Å². The summed E-state index contributed by atoms with van der Waals surface area (Å²) >= 11 is 8.66. The van der Waals surface area contributed by atoms with Crippen LogP contribution in [0.3, 0.4) is 0 Å². The van der Waals surface area contributed by atoms with Crippen molar-refractivity contribution in [3.05, 3.63) is 116 Å². The van der Waals surface area contributed by atoms with E-state index in [4.69, 9.17) is 16.3 Å². The summed E-state index contributed by atoms with van der Waals surface area (Å²) in [5.41, 5.74) is 2.67. The van der Waals surface area contributed by atoms with Gasteiger partial charge in [0.2, 0.25) is 11.8 Å². The Balaban J connectivity index is 1.23. The molecule has 3 amide bonds. The number of carbonyl (C=O) groups excluding carboxylic acids is 3. The number of benzene rings is 4. The van der Waals surface area contributed by atoms with Gasteiger partial charge in [0.05, 0.1) is 16.6 Å². The summed E-state index contributed by atoms with van der Waals surface area (Å²) in [6, 6.07) is 25.6. The van der Waals surface area contributed by atoms with Crippen LogP contribution in [0.5, 0.6) is 5.75 Å². The number of thioether (sulfide) groups is 1. The summed E-state index contributed by atoms with van der Waals surface area (Å²) < 4.78 is 6.08. The molecule has 0 bridgehead atoms. The third-order valence-electron chi connectivity index (χ3n) is 7.85. The summed E-state index contributed by atoms with van der Waals surface area (Å²) in [5, 5.41) is 4.97. The lowest BCUT2D eigenvalue weighted by Gasteiger charge is -2.31. The number of aromatic amines is 1. The van der Waals surface area contributed by atoms with Crippen molar-refractivity contribution in [3.8, 4) is 5.75 Å². The first-order chi connectivity index (χ1) is 21.3. The molecule has 220 valence electrons. The second-order valence-electron chi connectivity index (χ2n) is 10.6. The van der Waals surface area contributed by atoms with Gasteiger partial charge < -0.3 is 15.0 Å². The normalized spacial score (nSPS) is 19.1. The van der Waals surface area contributed by atoms with Gasteiger partial charge in [-0.25, -0.2) is 4.90 Å². The number of hydrogen-bond acceptors (Lipinski definition) is 7. The standard InChI is InChI=1S/C33H24ClN3O5S2/c1-17-9-12-20(13-10-17)37-31(39)27-26(28-30(36-33(41)44-28)43-29(27)32(37)40)22-15-19(34)11-14-24(22)42-16-25(38)35-23-8-4-6-18-5-2-3-7-21(18)23/h2-15,26-27,29H,16H2,1H3,(H,35,38)(H,36,41)/t26-,27?,29?/m1/s1. The Hall–Kier alpha value is -4.38. The summed E-state index contributed by atoms with van der Waals surface area (Å²) in [5.74, 6) is -2.29. The maximum absolute atomic E-state index is 14.1. The van der Waals surface area contributed by atoms with Crippen LogP contribution in [0.4, 0.5) is 11.4 Å². The van der Waals surface area contributed by atoms with E-state index in [0.717, 1.165) is 27.7 Å². The number of carbonyl (C=O) groups is 3. The number of halogens is 1. The van der Waals surface area contributed by atoms with Gasteiger partial charge in [0.25, 0.3) is 5.91 Å². The SMILES string of the molecule is Cc1ccc(N2C(=O)C3Sc4[nH]c(=O)sc4[C@H](c4cc(Cl)ccc4OCC(=O)Nc4cccc5ccccc45)C3C2=O)cc1. The van der Waals surface area contributed by atoms with E-state index in [1.54, 1.807) is 30.3 Å². The van der Waals surface area contributed by atoms with Crippen LogP contribution in [0.1, 0.15) is 21.9 Å². The topological polar surface area (TPSA) is 109 Å². The fourth-order valence-electron chi connectivity index (χ4n) is 5.86. The molecule has 44 heavy (non-hydrogen) atoms. The number of fused-ring (bicyclic) bond motifs is 3. The Morgan fingerprint density at radius 3 is 2.57 bits per heavy atom. The molecule has 5 aromatic rings. The molecule has 4 aromatic carbocycles. The molecule has 0 radical (unpaired) electrons. The first kappa shape index (κ1) is 28.4. The lowest BCUT2D eigenvalue weighted by molar-refractivity contribution is -0.122. The molecule has 2 aliphatic rings. The number of rotatable bonds is 6. The second-order valence-corrected chi connectivity index (χ2v) is 13.2. The number of aryl methyl sites for hydroxylation is 1. The van der Waals surface area contributed by atoms with Gasteiger partial charge in [0, 0.05) is 32.5 Å². The van der Waals surface area contributed by atoms with Crippen LogP contribution in [0.2, 0.25) is 5.02 Å². The van der Waals surface area contributed by atoms with Gasteiger partial charge in [-0.05, 0) is 48.7 Å². The van der Waals surface area contributed by atoms with Crippen molar-refractivity contribution in [2.45, 2.75) is 23.1 Å². The minimum atomic E-state index is -0.821. The number of aromatic nitrogens is 1. The number of imide groups is 1. The summed E-state index contributed by atoms with van der Waals surface area (Å²) in [6.07, 6.45) is 0. The van der Waals surface area contributed by atoms with Gasteiger partial charge in [0.15, 0.2) is 6.61 Å². The number of amides is 3. The van der Waals surface area contributed by atoms with E-state index in [9.17, 15) is 19.2 Å². The van der Waals surface area contributed by atoms with Crippen LogP contribution in [-0.4, -0.2) is 34.6 Å². The fourth-order valence-corrected chi connectivity index (χ4v) is 8.54. The number of hydrogen-bond donors (Lipinski definition) is 2. The fraction of sp³-hybridized carbons (Fsp3) is 0.152. The zero-order valence-corrected chi connectivity index (χ0v) is 25.6. The Labute approximate surface area is 265 Å². The van der Waals surface area contributed by atoms with E-state index < -0.39 is 17.1 Å². The molecule has 3 heterocycles. The van der Waals surface area contributed by atoms with E-state index in [1.165, 1.54) is 16.7 Å². The minimum absolute atomic E-state index is 0.290. The van der Waals surface area contributed by atoms with Crippen molar-refractivity contribution < 1.29 is 19.1 Å². The Kier molecular flexibility index (Phi) is 7.28. The van der Waals surface area contributed by atoms with Crippen molar-refractivity contribution in [2.24, 2.45) is 5.92 Å². The number of nitrogens with zero attached hydrogens (tertiary/aromatic N) is 1. The number of anilines is 2. The van der Waals surface area contributed by atoms with E-state index in [-0.39, 0.29) is 29.2 Å². The smallest absolute Gasteiger partial charge is 0.305 e. The Bertz CT molecular complexity index is 2020. The number of H-pyrrole nitrogens is 1. The lowest BCUT2D eigenvalue weighted by atomic mass is 9.82. The molecule has 1 aromatic heterocycles. The Morgan fingerprint density at radius 1 is 0.977 bits per heavy atom. The molecule has 2 aliphatic heterocycles. The first-order valence-corrected chi connectivity index (χ1v) is 15.9. The summed E-state index contributed by atoms with van der Waals surface area (Å²) in [7, 11) is 0. The van der Waals surface area contributed by atoms with Gasteiger partial charge >= 0.3 is 4.87 Å². The summed E-state index contributed by atoms with van der Waals surface area (Å²) in [4.78, 5) is 57.8. The Morgan fingerprint density at radius 2 is 1.75 bits per heavy atom.